The Balaban J connectivity index is 1.75. The van der Waals surface area contributed by atoms with Crippen molar-refractivity contribution in [2.24, 2.45) is 11.8 Å². The summed E-state index contributed by atoms with van der Waals surface area (Å²) in [5, 5.41) is 4.60. The molecule has 1 heterocycles. The largest absolute Gasteiger partial charge is 0.380 e. The van der Waals surface area contributed by atoms with Gasteiger partial charge in [-0.3, -0.25) is 0 Å². The summed E-state index contributed by atoms with van der Waals surface area (Å²) in [7, 11) is 0. The second-order valence-electron chi connectivity index (χ2n) is 6.65. The number of fused-ring (bicyclic) bond motifs is 2. The van der Waals surface area contributed by atoms with Gasteiger partial charge in [0.1, 0.15) is 0 Å². The summed E-state index contributed by atoms with van der Waals surface area (Å²) in [6.45, 7) is 7.10. The summed E-state index contributed by atoms with van der Waals surface area (Å²) in [4.78, 5) is 2.65. The second kappa shape index (κ2) is 5.95. The van der Waals surface area contributed by atoms with Crippen molar-refractivity contribution >= 4 is 17.3 Å². The van der Waals surface area contributed by atoms with E-state index in [1.54, 1.807) is 0 Å². The fourth-order valence-corrected chi connectivity index (χ4v) is 4.08. The van der Waals surface area contributed by atoms with E-state index in [1.165, 1.54) is 32.4 Å². The maximum Gasteiger partial charge on any atom is 0.0637 e. The first kappa shape index (κ1) is 14.2. The van der Waals surface area contributed by atoms with Crippen LogP contribution in [0, 0.1) is 11.8 Å². The molecule has 0 radical (unpaired) electrons. The van der Waals surface area contributed by atoms with Gasteiger partial charge in [-0.2, -0.15) is 0 Å². The maximum atomic E-state index is 6.31. The molecule has 0 aromatic heterocycles. The average Bonchev–Trinajstić information content (AvgIpc) is 2.40. The number of benzene rings is 1. The van der Waals surface area contributed by atoms with Crippen LogP contribution < -0.4 is 5.32 Å². The average molecular weight is 293 g/mol. The van der Waals surface area contributed by atoms with Crippen LogP contribution in [0.15, 0.2) is 24.3 Å². The lowest BCUT2D eigenvalue weighted by molar-refractivity contribution is 0.0518. The molecule has 110 valence electrons. The van der Waals surface area contributed by atoms with Gasteiger partial charge in [0.05, 0.1) is 10.7 Å². The zero-order chi connectivity index (χ0) is 14.1. The number of anilines is 1. The number of likely N-dealkylation sites (tertiary alicyclic amines) is 1. The molecule has 1 aliphatic heterocycles. The maximum absolute atomic E-state index is 6.31. The molecule has 20 heavy (non-hydrogen) atoms. The van der Waals surface area contributed by atoms with Crippen molar-refractivity contribution in [1.82, 2.24) is 4.90 Å². The SMILES string of the molecule is CC(C)N1CC2CCCC(C1)C2Nc1ccccc1Cl. The second-order valence-corrected chi connectivity index (χ2v) is 7.06. The van der Waals surface area contributed by atoms with Crippen LogP contribution in [0.4, 0.5) is 5.69 Å². The van der Waals surface area contributed by atoms with Crippen molar-refractivity contribution in [3.05, 3.63) is 29.3 Å². The van der Waals surface area contributed by atoms with Crippen LogP contribution in [0.1, 0.15) is 33.1 Å². The molecule has 1 saturated heterocycles. The quantitative estimate of drug-likeness (QED) is 0.895. The van der Waals surface area contributed by atoms with Crippen molar-refractivity contribution in [2.45, 2.75) is 45.2 Å². The lowest BCUT2D eigenvalue weighted by Gasteiger charge is -2.49. The monoisotopic (exact) mass is 292 g/mol. The lowest BCUT2D eigenvalue weighted by Crippen LogP contribution is -2.56. The zero-order valence-electron chi connectivity index (χ0n) is 12.5. The van der Waals surface area contributed by atoms with Gasteiger partial charge < -0.3 is 10.2 Å². The van der Waals surface area contributed by atoms with Crippen LogP contribution in [0.2, 0.25) is 5.02 Å². The molecule has 2 nitrogen and oxygen atoms in total. The van der Waals surface area contributed by atoms with E-state index in [4.69, 9.17) is 11.6 Å². The van der Waals surface area contributed by atoms with Gasteiger partial charge in [0, 0.05) is 25.2 Å². The first-order valence-electron chi connectivity index (χ1n) is 7.90. The molecular formula is C17H25ClN2. The summed E-state index contributed by atoms with van der Waals surface area (Å²) < 4.78 is 0. The Morgan fingerprint density at radius 1 is 1.15 bits per heavy atom. The van der Waals surface area contributed by atoms with Gasteiger partial charge in [-0.1, -0.05) is 30.2 Å². The van der Waals surface area contributed by atoms with Gasteiger partial charge in [0.25, 0.3) is 0 Å². The number of para-hydroxylation sites is 1. The van der Waals surface area contributed by atoms with Gasteiger partial charge in [-0.15, -0.1) is 0 Å². The number of nitrogens with one attached hydrogen (secondary N) is 1. The van der Waals surface area contributed by atoms with Crippen LogP contribution in [-0.2, 0) is 0 Å². The van der Waals surface area contributed by atoms with Gasteiger partial charge in [-0.05, 0) is 50.7 Å². The van der Waals surface area contributed by atoms with Crippen LogP contribution >= 0.6 is 11.6 Å². The van der Waals surface area contributed by atoms with Crippen molar-refractivity contribution in [3.8, 4) is 0 Å². The fraction of sp³-hybridized carbons (Fsp3) is 0.647. The predicted octanol–water partition coefficient (Wildman–Crippen LogP) is 4.26. The third kappa shape index (κ3) is 2.82. The Hall–Kier alpha value is -0.730. The lowest BCUT2D eigenvalue weighted by atomic mass is 9.73. The van der Waals surface area contributed by atoms with Gasteiger partial charge in [-0.25, -0.2) is 0 Å². The molecule has 0 amide bonds. The number of rotatable bonds is 3. The Labute approximate surface area is 127 Å². The van der Waals surface area contributed by atoms with E-state index in [9.17, 15) is 0 Å². The molecule has 0 spiro atoms. The van der Waals surface area contributed by atoms with E-state index in [0.717, 1.165) is 22.5 Å². The number of nitrogens with zero attached hydrogens (tertiary/aromatic N) is 1. The van der Waals surface area contributed by atoms with Gasteiger partial charge >= 0.3 is 0 Å². The summed E-state index contributed by atoms with van der Waals surface area (Å²) in [6.07, 6.45) is 4.09. The molecule has 3 rings (SSSR count). The predicted molar refractivity (Wildman–Crippen MR) is 86.4 cm³/mol. The zero-order valence-corrected chi connectivity index (χ0v) is 13.2. The van der Waals surface area contributed by atoms with E-state index in [1.807, 2.05) is 12.1 Å². The third-order valence-electron chi connectivity index (χ3n) is 5.03. The van der Waals surface area contributed by atoms with Crippen molar-refractivity contribution in [1.29, 1.82) is 0 Å². The third-order valence-corrected chi connectivity index (χ3v) is 5.36. The smallest absolute Gasteiger partial charge is 0.0637 e. The Morgan fingerprint density at radius 2 is 1.80 bits per heavy atom. The van der Waals surface area contributed by atoms with E-state index in [0.29, 0.717) is 12.1 Å². The number of halogens is 1. The molecule has 2 bridgehead atoms. The van der Waals surface area contributed by atoms with Crippen LogP contribution in [0.3, 0.4) is 0 Å². The van der Waals surface area contributed by atoms with Crippen LogP contribution in [0.5, 0.6) is 0 Å². The molecule has 1 aromatic rings. The minimum Gasteiger partial charge on any atom is -0.380 e. The summed E-state index contributed by atoms with van der Waals surface area (Å²) >= 11 is 6.31. The van der Waals surface area contributed by atoms with E-state index in [2.05, 4.69) is 36.2 Å². The normalized spacial score (nSPS) is 30.5. The molecule has 2 atom stereocenters. The summed E-state index contributed by atoms with van der Waals surface area (Å²) in [5.41, 5.74) is 1.11. The number of hydrogen-bond acceptors (Lipinski definition) is 2. The molecule has 1 N–H and O–H groups in total. The highest BCUT2D eigenvalue weighted by Crippen LogP contribution is 2.38. The summed E-state index contributed by atoms with van der Waals surface area (Å²) in [5.74, 6) is 1.53. The highest BCUT2D eigenvalue weighted by Gasteiger charge is 2.40. The first-order chi connectivity index (χ1) is 9.65. The van der Waals surface area contributed by atoms with Gasteiger partial charge in [0.15, 0.2) is 0 Å². The minimum atomic E-state index is 0.596. The van der Waals surface area contributed by atoms with Crippen molar-refractivity contribution < 1.29 is 0 Å². The number of piperidine rings is 1. The Bertz CT molecular complexity index is 446. The number of hydrogen-bond donors (Lipinski definition) is 1. The topological polar surface area (TPSA) is 15.3 Å². The van der Waals surface area contributed by atoms with Crippen LogP contribution in [-0.4, -0.2) is 30.1 Å². The first-order valence-corrected chi connectivity index (χ1v) is 8.28. The van der Waals surface area contributed by atoms with Crippen LogP contribution in [0.25, 0.3) is 0 Å². The Kier molecular flexibility index (Phi) is 4.23. The fourth-order valence-electron chi connectivity index (χ4n) is 3.89. The van der Waals surface area contributed by atoms with Crippen molar-refractivity contribution in [2.75, 3.05) is 18.4 Å². The highest BCUT2D eigenvalue weighted by molar-refractivity contribution is 6.33. The molecule has 3 heteroatoms. The molecule has 2 fully saturated rings. The van der Waals surface area contributed by atoms with E-state index >= 15 is 0 Å². The Morgan fingerprint density at radius 3 is 2.40 bits per heavy atom. The molecule has 2 aliphatic rings. The molecule has 1 aliphatic carbocycles. The molecule has 1 saturated carbocycles. The standard InChI is InChI=1S/C17H25ClN2/c1-12(2)20-10-13-6-5-7-14(11-20)17(13)19-16-9-4-3-8-15(16)18/h3-4,8-9,12-14,17,19H,5-7,10-11H2,1-2H3. The van der Waals surface area contributed by atoms with Gasteiger partial charge in [0.2, 0.25) is 0 Å². The molecule has 2 unspecified atom stereocenters. The van der Waals surface area contributed by atoms with E-state index in [-0.39, 0.29) is 0 Å². The van der Waals surface area contributed by atoms with E-state index < -0.39 is 0 Å². The molecular weight excluding hydrogens is 268 g/mol. The summed E-state index contributed by atoms with van der Waals surface area (Å²) in [6, 6.07) is 9.40. The molecule has 1 aromatic carbocycles. The van der Waals surface area contributed by atoms with Crippen molar-refractivity contribution in [3.63, 3.8) is 0 Å². The minimum absolute atomic E-state index is 0.596. The highest BCUT2D eigenvalue weighted by atomic mass is 35.5.